The number of nitrogens with two attached hydrogens (primary N) is 1. The SMILES string of the molecule is CCC(C)(CO)NCc1ccc(S(N)(=O)=O)o1. The molecule has 0 aliphatic carbocycles. The van der Waals surface area contributed by atoms with Gasteiger partial charge in [-0.3, -0.25) is 0 Å². The lowest BCUT2D eigenvalue weighted by molar-refractivity contribution is 0.165. The molecule has 0 amide bonds. The first kappa shape index (κ1) is 14.2. The smallest absolute Gasteiger partial charge is 0.271 e. The highest BCUT2D eigenvalue weighted by Gasteiger charge is 2.21. The summed E-state index contributed by atoms with van der Waals surface area (Å²) in [7, 11) is -3.79. The van der Waals surface area contributed by atoms with Crippen molar-refractivity contribution in [3.8, 4) is 0 Å². The molecular weight excluding hydrogens is 244 g/mol. The van der Waals surface area contributed by atoms with Crippen molar-refractivity contribution in [3.05, 3.63) is 17.9 Å². The van der Waals surface area contributed by atoms with Gasteiger partial charge in [0.15, 0.2) is 0 Å². The van der Waals surface area contributed by atoms with Gasteiger partial charge in [-0.1, -0.05) is 6.92 Å². The first-order valence-corrected chi connectivity index (χ1v) is 6.83. The fraction of sp³-hybridized carbons (Fsp3) is 0.600. The van der Waals surface area contributed by atoms with E-state index in [-0.39, 0.29) is 11.7 Å². The number of furan rings is 1. The van der Waals surface area contributed by atoms with Gasteiger partial charge in [0.1, 0.15) is 5.76 Å². The average molecular weight is 262 g/mol. The van der Waals surface area contributed by atoms with Crippen LogP contribution < -0.4 is 10.5 Å². The molecule has 1 aromatic rings. The normalized spacial score (nSPS) is 15.8. The minimum atomic E-state index is -3.79. The van der Waals surface area contributed by atoms with E-state index in [9.17, 15) is 13.5 Å². The molecule has 0 spiro atoms. The minimum Gasteiger partial charge on any atom is -0.447 e. The highest BCUT2D eigenvalue weighted by Crippen LogP contribution is 2.14. The Labute approximate surface area is 101 Å². The Bertz CT molecular complexity index is 462. The van der Waals surface area contributed by atoms with Gasteiger partial charge < -0.3 is 14.8 Å². The predicted octanol–water partition coefficient (Wildman–Crippen LogP) is 0.178. The average Bonchev–Trinajstić information content (AvgIpc) is 2.74. The van der Waals surface area contributed by atoms with Crippen molar-refractivity contribution in [2.24, 2.45) is 5.14 Å². The maximum absolute atomic E-state index is 11.0. The molecule has 1 rings (SSSR count). The number of aliphatic hydroxyl groups is 1. The molecule has 0 bridgehead atoms. The van der Waals surface area contributed by atoms with Gasteiger partial charge in [-0.25, -0.2) is 13.6 Å². The van der Waals surface area contributed by atoms with Crippen LogP contribution in [0, 0.1) is 0 Å². The molecule has 0 radical (unpaired) electrons. The fourth-order valence-corrected chi connectivity index (χ4v) is 1.68. The van der Waals surface area contributed by atoms with Gasteiger partial charge >= 0.3 is 0 Å². The number of hydrogen-bond acceptors (Lipinski definition) is 5. The van der Waals surface area contributed by atoms with E-state index >= 15 is 0 Å². The Morgan fingerprint density at radius 1 is 1.53 bits per heavy atom. The summed E-state index contributed by atoms with van der Waals surface area (Å²) in [5, 5.41) is 17.0. The molecule has 0 aromatic carbocycles. The quantitative estimate of drug-likeness (QED) is 0.678. The van der Waals surface area contributed by atoms with E-state index < -0.39 is 15.6 Å². The molecule has 4 N–H and O–H groups in total. The topological polar surface area (TPSA) is 106 Å². The number of nitrogens with one attached hydrogen (secondary N) is 1. The van der Waals surface area contributed by atoms with Gasteiger partial charge in [0.25, 0.3) is 10.0 Å². The summed E-state index contributed by atoms with van der Waals surface area (Å²) in [6.07, 6.45) is 0.742. The van der Waals surface area contributed by atoms with Crippen molar-refractivity contribution in [3.63, 3.8) is 0 Å². The van der Waals surface area contributed by atoms with Crippen molar-refractivity contribution < 1.29 is 17.9 Å². The molecule has 7 heteroatoms. The molecule has 6 nitrogen and oxygen atoms in total. The maximum Gasteiger partial charge on any atom is 0.271 e. The van der Waals surface area contributed by atoms with Crippen LogP contribution in [-0.4, -0.2) is 25.7 Å². The molecule has 0 aliphatic heterocycles. The zero-order valence-electron chi connectivity index (χ0n) is 9.93. The van der Waals surface area contributed by atoms with Crippen LogP contribution >= 0.6 is 0 Å². The highest BCUT2D eigenvalue weighted by molar-refractivity contribution is 7.89. The van der Waals surface area contributed by atoms with Gasteiger partial charge in [-0.2, -0.15) is 0 Å². The lowest BCUT2D eigenvalue weighted by atomic mass is 10.0. The lowest BCUT2D eigenvalue weighted by Gasteiger charge is -2.26. The minimum absolute atomic E-state index is 0.00769. The lowest BCUT2D eigenvalue weighted by Crippen LogP contribution is -2.44. The van der Waals surface area contributed by atoms with Crippen molar-refractivity contribution in [2.45, 2.75) is 37.4 Å². The number of aliphatic hydroxyl groups excluding tert-OH is 1. The van der Waals surface area contributed by atoms with E-state index in [0.29, 0.717) is 12.3 Å². The largest absolute Gasteiger partial charge is 0.447 e. The third-order valence-electron chi connectivity index (χ3n) is 2.74. The second kappa shape index (κ2) is 5.18. The standard InChI is InChI=1S/C10H18N2O4S/c1-3-10(2,7-13)12-6-8-4-5-9(16-8)17(11,14)15/h4-5,12-13H,3,6-7H2,1-2H3,(H2,11,14,15). The third-order valence-corrected chi connectivity index (χ3v) is 3.52. The van der Waals surface area contributed by atoms with Crippen LogP contribution in [-0.2, 0) is 16.6 Å². The number of primary sulfonamides is 1. The molecule has 0 aliphatic rings. The van der Waals surface area contributed by atoms with Gasteiger partial charge in [-0.05, 0) is 25.5 Å². The Hall–Kier alpha value is -0.890. The molecule has 0 saturated heterocycles. The molecule has 0 saturated carbocycles. The highest BCUT2D eigenvalue weighted by atomic mass is 32.2. The predicted molar refractivity (Wildman–Crippen MR) is 62.7 cm³/mol. The number of sulfonamides is 1. The monoisotopic (exact) mass is 262 g/mol. The van der Waals surface area contributed by atoms with Crippen molar-refractivity contribution in [1.29, 1.82) is 0 Å². The van der Waals surface area contributed by atoms with Crippen LogP contribution in [0.5, 0.6) is 0 Å². The van der Waals surface area contributed by atoms with E-state index in [2.05, 4.69) is 5.32 Å². The van der Waals surface area contributed by atoms with Gasteiger partial charge in [0.2, 0.25) is 5.09 Å². The maximum atomic E-state index is 11.0. The molecule has 1 aromatic heterocycles. The summed E-state index contributed by atoms with van der Waals surface area (Å²) in [5.41, 5.74) is -0.408. The first-order chi connectivity index (χ1) is 7.80. The number of rotatable bonds is 6. The van der Waals surface area contributed by atoms with Crippen LogP contribution in [0.1, 0.15) is 26.0 Å². The van der Waals surface area contributed by atoms with Crippen LogP contribution in [0.2, 0.25) is 0 Å². The molecule has 98 valence electrons. The van der Waals surface area contributed by atoms with Crippen LogP contribution in [0.4, 0.5) is 0 Å². The molecule has 0 fully saturated rings. The van der Waals surface area contributed by atoms with Gasteiger partial charge in [-0.15, -0.1) is 0 Å². The van der Waals surface area contributed by atoms with E-state index in [1.54, 1.807) is 6.07 Å². The Balaban J connectivity index is 2.68. The van der Waals surface area contributed by atoms with E-state index in [0.717, 1.165) is 6.42 Å². The molecular formula is C10H18N2O4S. The molecule has 1 atom stereocenters. The van der Waals surface area contributed by atoms with Crippen molar-refractivity contribution in [1.82, 2.24) is 5.32 Å². The van der Waals surface area contributed by atoms with Gasteiger partial charge in [0, 0.05) is 5.54 Å². The summed E-state index contributed by atoms with van der Waals surface area (Å²) < 4.78 is 27.0. The first-order valence-electron chi connectivity index (χ1n) is 5.28. The Morgan fingerprint density at radius 2 is 2.18 bits per heavy atom. The summed E-state index contributed by atoms with van der Waals surface area (Å²) in [5.74, 6) is 0.460. The zero-order chi connectivity index (χ0) is 13.1. The van der Waals surface area contributed by atoms with Gasteiger partial charge in [0.05, 0.1) is 13.2 Å². The van der Waals surface area contributed by atoms with Crippen LogP contribution in [0.15, 0.2) is 21.6 Å². The Kier molecular flexibility index (Phi) is 4.31. The summed E-state index contributed by atoms with van der Waals surface area (Å²) in [6, 6.07) is 2.86. The molecule has 1 heterocycles. The Morgan fingerprint density at radius 3 is 2.59 bits per heavy atom. The van der Waals surface area contributed by atoms with Crippen LogP contribution in [0.25, 0.3) is 0 Å². The van der Waals surface area contributed by atoms with Crippen molar-refractivity contribution >= 4 is 10.0 Å². The summed E-state index contributed by atoms with van der Waals surface area (Å²) in [4.78, 5) is 0. The van der Waals surface area contributed by atoms with E-state index in [1.807, 2.05) is 13.8 Å². The fourth-order valence-electron chi connectivity index (χ4n) is 1.20. The molecule has 17 heavy (non-hydrogen) atoms. The van der Waals surface area contributed by atoms with Crippen molar-refractivity contribution in [2.75, 3.05) is 6.61 Å². The zero-order valence-corrected chi connectivity index (χ0v) is 10.8. The second-order valence-corrected chi connectivity index (χ2v) is 5.68. The second-order valence-electron chi connectivity index (χ2n) is 4.19. The van der Waals surface area contributed by atoms with E-state index in [4.69, 9.17) is 9.56 Å². The summed E-state index contributed by atoms with van der Waals surface area (Å²) >= 11 is 0. The third kappa shape index (κ3) is 3.81. The summed E-state index contributed by atoms with van der Waals surface area (Å²) in [6.45, 7) is 4.14. The van der Waals surface area contributed by atoms with E-state index in [1.165, 1.54) is 6.07 Å². The van der Waals surface area contributed by atoms with Crippen LogP contribution in [0.3, 0.4) is 0 Å². The molecule has 1 unspecified atom stereocenters. The number of hydrogen-bond donors (Lipinski definition) is 3.